The molecule has 0 aliphatic carbocycles. The molecule has 134 valence electrons. The zero-order chi connectivity index (χ0) is 18.8. The summed E-state index contributed by atoms with van der Waals surface area (Å²) in [6, 6.07) is 4.83. The molecule has 0 spiro atoms. The number of aromatic nitrogens is 3. The second-order valence-corrected chi connectivity index (χ2v) is 5.85. The molecule has 3 aromatic rings. The first-order valence-electron chi connectivity index (χ1n) is 7.41. The quantitative estimate of drug-likeness (QED) is 0.602. The fraction of sp³-hybridized carbons (Fsp3) is 0.125. The first kappa shape index (κ1) is 17.5. The van der Waals surface area contributed by atoms with Gasteiger partial charge in [-0.15, -0.1) is 0 Å². The van der Waals surface area contributed by atoms with Crippen molar-refractivity contribution in [3.8, 4) is 5.75 Å². The number of nitrogens with one attached hydrogen (secondary N) is 1. The third-order valence-corrected chi connectivity index (χ3v) is 3.84. The van der Waals surface area contributed by atoms with Crippen molar-refractivity contribution in [3.63, 3.8) is 0 Å². The number of aliphatic carboxylic acids is 1. The molecule has 3 heterocycles. The number of hydrogen-bond acceptors (Lipinski definition) is 5. The minimum atomic E-state index is -1.28. The van der Waals surface area contributed by atoms with Crippen molar-refractivity contribution in [2.24, 2.45) is 0 Å². The van der Waals surface area contributed by atoms with Crippen LogP contribution in [0, 0.1) is 0 Å². The average molecular weight is 377 g/mol. The number of pyridine rings is 1. The fourth-order valence-electron chi connectivity index (χ4n) is 2.51. The highest BCUT2D eigenvalue weighted by atomic mass is 35.5. The lowest BCUT2D eigenvalue weighted by atomic mass is 10.2. The molecule has 3 aromatic heterocycles. The number of hydrogen-bond donors (Lipinski definition) is 3. The smallest absolute Gasteiger partial charge is 0.322 e. The van der Waals surface area contributed by atoms with Gasteiger partial charge in [0.2, 0.25) is 0 Å². The van der Waals surface area contributed by atoms with Gasteiger partial charge in [0.05, 0.1) is 11.6 Å². The molecule has 10 heteroatoms. The van der Waals surface area contributed by atoms with Crippen LogP contribution in [0.15, 0.2) is 41.6 Å². The van der Waals surface area contributed by atoms with Crippen molar-refractivity contribution >= 4 is 29.0 Å². The van der Waals surface area contributed by atoms with Gasteiger partial charge in [-0.25, -0.2) is 4.68 Å². The Labute approximate surface area is 151 Å². The number of carboxylic acid groups (broad SMARTS) is 1. The molecule has 3 rings (SSSR count). The lowest BCUT2D eigenvalue weighted by Crippen LogP contribution is -2.37. The van der Waals surface area contributed by atoms with Crippen LogP contribution in [0.25, 0.3) is 5.52 Å². The van der Waals surface area contributed by atoms with Crippen molar-refractivity contribution in [2.75, 3.05) is 6.54 Å². The number of amides is 1. The Bertz CT molecular complexity index is 1060. The van der Waals surface area contributed by atoms with Crippen LogP contribution in [0.3, 0.4) is 0 Å². The molecule has 0 fully saturated rings. The molecule has 0 atom stereocenters. The van der Waals surface area contributed by atoms with Gasteiger partial charge in [0.15, 0.2) is 5.75 Å². The molecule has 0 aliphatic rings. The highest BCUT2D eigenvalue weighted by Crippen LogP contribution is 2.25. The summed E-state index contributed by atoms with van der Waals surface area (Å²) in [4.78, 5) is 39.7. The van der Waals surface area contributed by atoms with E-state index in [1.807, 2.05) is 0 Å². The molecule has 26 heavy (non-hydrogen) atoms. The molecule has 0 saturated carbocycles. The maximum absolute atomic E-state index is 12.8. The molecular formula is C16H13ClN4O5. The van der Waals surface area contributed by atoms with Crippen LogP contribution >= 0.6 is 11.6 Å². The number of halogens is 1. The Kier molecular flexibility index (Phi) is 4.63. The summed E-state index contributed by atoms with van der Waals surface area (Å²) in [5.41, 5.74) is -0.534. The molecule has 0 radical (unpaired) electrons. The van der Waals surface area contributed by atoms with E-state index < -0.39 is 35.3 Å². The zero-order valence-corrected chi connectivity index (χ0v) is 14.0. The van der Waals surface area contributed by atoms with Crippen LogP contribution in [0.5, 0.6) is 5.75 Å². The maximum Gasteiger partial charge on any atom is 0.322 e. The van der Waals surface area contributed by atoms with E-state index in [0.29, 0.717) is 5.56 Å². The largest absolute Gasteiger partial charge is 0.505 e. The highest BCUT2D eigenvalue weighted by molar-refractivity contribution is 6.31. The summed E-state index contributed by atoms with van der Waals surface area (Å²) in [7, 11) is 0. The number of nitrogens with zero attached hydrogens (tertiary/aromatic N) is 3. The van der Waals surface area contributed by atoms with Gasteiger partial charge in [-0.2, -0.15) is 0 Å². The summed E-state index contributed by atoms with van der Waals surface area (Å²) in [5, 5.41) is 21.4. The van der Waals surface area contributed by atoms with Gasteiger partial charge in [0.1, 0.15) is 17.6 Å². The van der Waals surface area contributed by atoms with Crippen molar-refractivity contribution < 1.29 is 19.8 Å². The van der Waals surface area contributed by atoms with Gasteiger partial charge in [0.25, 0.3) is 11.5 Å². The summed E-state index contributed by atoms with van der Waals surface area (Å²) in [6.07, 6.45) is 4.56. The number of fused-ring (bicyclic) bond motifs is 1. The minimum absolute atomic E-state index is 0.0632. The van der Waals surface area contributed by atoms with E-state index in [-0.39, 0.29) is 17.1 Å². The monoisotopic (exact) mass is 376 g/mol. The third-order valence-electron chi connectivity index (χ3n) is 3.64. The van der Waals surface area contributed by atoms with Crippen LogP contribution in [0.1, 0.15) is 15.9 Å². The highest BCUT2D eigenvalue weighted by Gasteiger charge is 2.23. The Morgan fingerprint density at radius 2 is 2.12 bits per heavy atom. The first-order valence-corrected chi connectivity index (χ1v) is 7.79. The predicted octanol–water partition coefficient (Wildman–Crippen LogP) is 0.718. The molecule has 0 aliphatic heterocycles. The molecule has 3 N–H and O–H groups in total. The summed E-state index contributed by atoms with van der Waals surface area (Å²) >= 11 is 5.98. The SMILES string of the molecule is O=C(O)CNC(=O)c1c(O)c2cc(Cl)cn2n(Cc2cccnc2)c1=O. The van der Waals surface area contributed by atoms with E-state index in [0.717, 1.165) is 0 Å². The standard InChI is InChI=1S/C16H13ClN4O5/c17-10-4-11-14(24)13(15(25)19-6-12(22)23)16(26)21(20(11)8-10)7-9-2-1-3-18-5-9/h1-5,8,24H,6-7H2,(H,19,25)(H,22,23). The second-order valence-electron chi connectivity index (χ2n) is 5.41. The molecule has 0 unspecified atom stereocenters. The zero-order valence-electron chi connectivity index (χ0n) is 13.2. The van der Waals surface area contributed by atoms with E-state index in [2.05, 4.69) is 10.3 Å². The molecule has 0 saturated heterocycles. The van der Waals surface area contributed by atoms with Gasteiger partial charge in [-0.05, 0) is 17.7 Å². The number of carbonyl (C=O) groups excluding carboxylic acids is 1. The maximum atomic E-state index is 12.8. The lowest BCUT2D eigenvalue weighted by Gasteiger charge is -2.14. The Morgan fingerprint density at radius 3 is 2.77 bits per heavy atom. The fourth-order valence-corrected chi connectivity index (χ4v) is 2.71. The summed E-state index contributed by atoms with van der Waals surface area (Å²) < 4.78 is 2.54. The molecule has 9 nitrogen and oxygen atoms in total. The van der Waals surface area contributed by atoms with Crippen LogP contribution in [0.4, 0.5) is 0 Å². The van der Waals surface area contributed by atoms with Gasteiger partial charge >= 0.3 is 5.97 Å². The summed E-state index contributed by atoms with van der Waals surface area (Å²) in [5.74, 6) is -2.85. The number of carboxylic acids is 1. The van der Waals surface area contributed by atoms with E-state index in [9.17, 15) is 19.5 Å². The van der Waals surface area contributed by atoms with E-state index in [4.69, 9.17) is 16.7 Å². The van der Waals surface area contributed by atoms with Crippen LogP contribution < -0.4 is 10.9 Å². The van der Waals surface area contributed by atoms with Crippen LogP contribution in [-0.2, 0) is 11.3 Å². The molecule has 0 bridgehead atoms. The van der Waals surface area contributed by atoms with Crippen molar-refractivity contribution in [1.29, 1.82) is 0 Å². The van der Waals surface area contributed by atoms with Crippen LogP contribution in [-0.4, -0.2) is 42.8 Å². The topological polar surface area (TPSA) is 126 Å². The number of carbonyl (C=O) groups is 2. The molecular weight excluding hydrogens is 364 g/mol. The summed E-state index contributed by atoms with van der Waals surface area (Å²) in [6.45, 7) is -0.624. The van der Waals surface area contributed by atoms with Crippen LogP contribution in [0.2, 0.25) is 5.02 Å². The van der Waals surface area contributed by atoms with Crippen molar-refractivity contribution in [3.05, 3.63) is 63.3 Å². The Balaban J connectivity index is 2.18. The van der Waals surface area contributed by atoms with E-state index in [1.165, 1.54) is 21.5 Å². The van der Waals surface area contributed by atoms with Crippen molar-refractivity contribution in [2.45, 2.75) is 6.54 Å². The van der Waals surface area contributed by atoms with Gasteiger partial charge < -0.3 is 15.5 Å². The van der Waals surface area contributed by atoms with Gasteiger partial charge in [0, 0.05) is 18.6 Å². The number of aromatic hydroxyl groups is 1. The first-order chi connectivity index (χ1) is 12.4. The Hall–Kier alpha value is -3.33. The lowest BCUT2D eigenvalue weighted by molar-refractivity contribution is -0.135. The minimum Gasteiger partial charge on any atom is -0.505 e. The second kappa shape index (κ2) is 6.89. The van der Waals surface area contributed by atoms with E-state index >= 15 is 0 Å². The van der Waals surface area contributed by atoms with Crippen molar-refractivity contribution in [1.82, 2.24) is 19.5 Å². The Morgan fingerprint density at radius 1 is 1.35 bits per heavy atom. The average Bonchev–Trinajstić information content (AvgIpc) is 3.00. The van der Waals surface area contributed by atoms with E-state index in [1.54, 1.807) is 24.5 Å². The van der Waals surface area contributed by atoms with Gasteiger partial charge in [-0.1, -0.05) is 17.7 Å². The van der Waals surface area contributed by atoms with Gasteiger partial charge in [-0.3, -0.25) is 23.9 Å². The normalized spacial score (nSPS) is 10.8. The predicted molar refractivity (Wildman–Crippen MR) is 91.6 cm³/mol. The molecule has 0 aromatic carbocycles. The number of rotatable bonds is 5. The molecule has 1 amide bonds. The third kappa shape index (κ3) is 3.24.